The van der Waals surface area contributed by atoms with E-state index in [1.807, 2.05) is 60.4 Å². The lowest BCUT2D eigenvalue weighted by atomic mass is 10.1. The lowest BCUT2D eigenvalue weighted by molar-refractivity contribution is -0.115. The third-order valence-electron chi connectivity index (χ3n) is 5.74. The topological polar surface area (TPSA) is 121 Å². The second-order valence-corrected chi connectivity index (χ2v) is 9.16. The maximum absolute atomic E-state index is 12.8. The molecular weight excluding hydrogens is 524 g/mol. The largest absolute Gasteiger partial charge is 0.369 e. The number of amides is 3. The van der Waals surface area contributed by atoms with Crippen molar-refractivity contribution >= 4 is 47.1 Å². The van der Waals surface area contributed by atoms with Gasteiger partial charge in [0.05, 0.1) is 25.0 Å². The monoisotopic (exact) mass is 552 g/mol. The van der Waals surface area contributed by atoms with Crippen molar-refractivity contribution in [1.82, 2.24) is 10.6 Å². The molecule has 0 saturated heterocycles. The van der Waals surface area contributed by atoms with E-state index in [0.717, 1.165) is 22.4 Å². The Kier molecular flexibility index (Phi) is 11.3. The molecule has 0 atom stereocenters. The standard InChI is InChI=1S/C31H29ClN6O2/c1-23-21-28(38(19-5-17-33)20-6-18-34)15-10-25(23)22-29(36-30(39)16-9-24-7-3-2-4-8-24)37-31(40)35-27-13-11-26(32)12-14-27/h2-4,7-16,21-22H,5-6,19-20H2,1H3,(H,36,39)(H2,35,37,40)/b16-9+,29-22+. The van der Waals surface area contributed by atoms with Crippen LogP contribution in [0, 0.1) is 29.6 Å². The first-order chi connectivity index (χ1) is 19.4. The molecule has 0 unspecified atom stereocenters. The summed E-state index contributed by atoms with van der Waals surface area (Å²) in [6, 6.07) is 25.5. The van der Waals surface area contributed by atoms with Gasteiger partial charge < -0.3 is 15.5 Å². The van der Waals surface area contributed by atoms with Crippen molar-refractivity contribution in [2.75, 3.05) is 23.3 Å². The maximum atomic E-state index is 12.8. The first-order valence-corrected chi connectivity index (χ1v) is 12.9. The Bertz CT molecular complexity index is 1440. The molecule has 9 heteroatoms. The van der Waals surface area contributed by atoms with E-state index in [-0.39, 0.29) is 5.82 Å². The number of nitrogens with one attached hydrogen (secondary N) is 3. The summed E-state index contributed by atoms with van der Waals surface area (Å²) in [7, 11) is 0. The molecular formula is C31H29ClN6O2. The molecule has 0 aliphatic rings. The molecule has 0 spiro atoms. The molecule has 3 amide bonds. The number of hydrogen-bond donors (Lipinski definition) is 3. The molecule has 40 heavy (non-hydrogen) atoms. The average Bonchev–Trinajstić information content (AvgIpc) is 2.95. The predicted molar refractivity (Wildman–Crippen MR) is 159 cm³/mol. The first-order valence-electron chi connectivity index (χ1n) is 12.6. The Hall–Kier alpha value is -5.05. The molecule has 0 heterocycles. The zero-order chi connectivity index (χ0) is 28.7. The summed E-state index contributed by atoms with van der Waals surface area (Å²) in [6.45, 7) is 2.92. The second-order valence-electron chi connectivity index (χ2n) is 8.72. The Labute approximate surface area is 239 Å². The number of halogens is 1. The summed E-state index contributed by atoms with van der Waals surface area (Å²) in [5, 5.41) is 26.7. The van der Waals surface area contributed by atoms with Crippen molar-refractivity contribution in [1.29, 1.82) is 10.5 Å². The van der Waals surface area contributed by atoms with Crippen LogP contribution in [0.25, 0.3) is 12.2 Å². The van der Waals surface area contributed by atoms with Crippen LogP contribution < -0.4 is 20.9 Å². The number of benzene rings is 3. The fraction of sp³-hybridized carbons (Fsp3) is 0.161. The highest BCUT2D eigenvalue weighted by atomic mass is 35.5. The van der Waals surface area contributed by atoms with Crippen LogP contribution in [-0.2, 0) is 4.79 Å². The van der Waals surface area contributed by atoms with Crippen molar-refractivity contribution < 1.29 is 9.59 Å². The molecule has 3 N–H and O–H groups in total. The molecule has 3 rings (SSSR count). The van der Waals surface area contributed by atoms with Crippen LogP contribution in [0.3, 0.4) is 0 Å². The van der Waals surface area contributed by atoms with Gasteiger partial charge in [-0.15, -0.1) is 0 Å². The van der Waals surface area contributed by atoms with Crippen molar-refractivity contribution in [3.05, 3.63) is 106 Å². The molecule has 8 nitrogen and oxygen atoms in total. The number of nitriles is 2. The summed E-state index contributed by atoms with van der Waals surface area (Å²) in [6.07, 6.45) is 5.42. The van der Waals surface area contributed by atoms with E-state index in [9.17, 15) is 9.59 Å². The minimum absolute atomic E-state index is 0.177. The molecule has 0 aliphatic heterocycles. The van der Waals surface area contributed by atoms with Gasteiger partial charge in [0.2, 0.25) is 5.91 Å². The third kappa shape index (κ3) is 9.68. The quantitative estimate of drug-likeness (QED) is 0.243. The number of rotatable bonds is 11. The van der Waals surface area contributed by atoms with Crippen molar-refractivity contribution in [3.63, 3.8) is 0 Å². The highest BCUT2D eigenvalue weighted by Gasteiger charge is 2.11. The molecule has 3 aromatic carbocycles. The van der Waals surface area contributed by atoms with E-state index in [2.05, 4.69) is 28.1 Å². The highest BCUT2D eigenvalue weighted by Crippen LogP contribution is 2.22. The molecule has 0 saturated carbocycles. The number of carbonyl (C=O) groups excluding carboxylic acids is 2. The Balaban J connectivity index is 1.84. The van der Waals surface area contributed by atoms with E-state index in [0.29, 0.717) is 36.6 Å². The van der Waals surface area contributed by atoms with E-state index in [4.69, 9.17) is 22.1 Å². The SMILES string of the molecule is Cc1cc(N(CCC#N)CCC#N)ccc1/C=C(\NC(=O)/C=C/c1ccccc1)NC(=O)Nc1ccc(Cl)cc1. The number of nitrogens with zero attached hydrogens (tertiary/aromatic N) is 3. The summed E-state index contributed by atoms with van der Waals surface area (Å²) in [5.74, 6) is -0.244. The zero-order valence-corrected chi connectivity index (χ0v) is 22.8. The van der Waals surface area contributed by atoms with Crippen molar-refractivity contribution in [2.24, 2.45) is 0 Å². The van der Waals surface area contributed by atoms with Crippen LogP contribution in [-0.4, -0.2) is 25.0 Å². The van der Waals surface area contributed by atoms with Gasteiger partial charge in [0.25, 0.3) is 0 Å². The van der Waals surface area contributed by atoms with Gasteiger partial charge in [-0.3, -0.25) is 10.1 Å². The van der Waals surface area contributed by atoms with Gasteiger partial charge in [-0.25, -0.2) is 4.79 Å². The van der Waals surface area contributed by atoms with E-state index in [1.165, 1.54) is 6.08 Å². The normalized spacial score (nSPS) is 10.8. The van der Waals surface area contributed by atoms with Crippen molar-refractivity contribution in [2.45, 2.75) is 19.8 Å². The number of hydrogen-bond acceptors (Lipinski definition) is 5. The number of urea groups is 1. The fourth-order valence-electron chi connectivity index (χ4n) is 3.75. The maximum Gasteiger partial charge on any atom is 0.324 e. The second kappa shape index (κ2) is 15.4. The molecule has 202 valence electrons. The minimum Gasteiger partial charge on any atom is -0.369 e. The summed E-state index contributed by atoms with van der Waals surface area (Å²) in [5.41, 5.74) is 3.92. The van der Waals surface area contributed by atoms with E-state index in [1.54, 1.807) is 36.4 Å². The number of carbonyl (C=O) groups is 2. The van der Waals surface area contributed by atoms with Crippen molar-refractivity contribution in [3.8, 4) is 12.1 Å². The van der Waals surface area contributed by atoms with Gasteiger partial charge in [0.15, 0.2) is 0 Å². The Morgan fingerprint density at radius 1 is 0.925 bits per heavy atom. The van der Waals surface area contributed by atoms with Crippen LogP contribution in [0.5, 0.6) is 0 Å². The molecule has 0 aromatic heterocycles. The lowest BCUT2D eigenvalue weighted by Gasteiger charge is -2.23. The van der Waals surface area contributed by atoms with E-state index >= 15 is 0 Å². The summed E-state index contributed by atoms with van der Waals surface area (Å²) >= 11 is 5.93. The number of aryl methyl sites for hydroxylation is 1. The van der Waals surface area contributed by atoms with Crippen LogP contribution in [0.1, 0.15) is 29.5 Å². The van der Waals surface area contributed by atoms with Crippen LogP contribution in [0.4, 0.5) is 16.2 Å². The lowest BCUT2D eigenvalue weighted by Crippen LogP contribution is -2.36. The van der Waals surface area contributed by atoms with Gasteiger partial charge in [0, 0.05) is 35.6 Å². The van der Waals surface area contributed by atoms with Crippen LogP contribution in [0.2, 0.25) is 5.02 Å². The molecule has 0 radical (unpaired) electrons. The molecule has 0 aliphatic carbocycles. The molecule has 0 bridgehead atoms. The van der Waals surface area contributed by atoms with Gasteiger partial charge in [-0.05, 0) is 72.2 Å². The first kappa shape index (κ1) is 29.5. The minimum atomic E-state index is -0.547. The average molecular weight is 553 g/mol. The Morgan fingerprint density at radius 3 is 2.23 bits per heavy atom. The van der Waals surface area contributed by atoms with Crippen LogP contribution >= 0.6 is 11.6 Å². The number of anilines is 2. The van der Waals surface area contributed by atoms with Gasteiger partial charge in [0.1, 0.15) is 5.82 Å². The summed E-state index contributed by atoms with van der Waals surface area (Å²) in [4.78, 5) is 27.5. The predicted octanol–water partition coefficient (Wildman–Crippen LogP) is 6.23. The van der Waals surface area contributed by atoms with E-state index < -0.39 is 11.9 Å². The molecule has 3 aromatic rings. The van der Waals surface area contributed by atoms with Gasteiger partial charge >= 0.3 is 6.03 Å². The molecule has 0 fully saturated rings. The summed E-state index contributed by atoms with van der Waals surface area (Å²) < 4.78 is 0. The van der Waals surface area contributed by atoms with Crippen LogP contribution in [0.15, 0.2) is 84.7 Å². The highest BCUT2D eigenvalue weighted by molar-refractivity contribution is 6.30. The fourth-order valence-corrected chi connectivity index (χ4v) is 3.87. The smallest absolute Gasteiger partial charge is 0.324 e. The van der Waals surface area contributed by atoms with Gasteiger partial charge in [-0.2, -0.15) is 10.5 Å². The van der Waals surface area contributed by atoms with Gasteiger partial charge in [-0.1, -0.05) is 48.0 Å². The zero-order valence-electron chi connectivity index (χ0n) is 22.0. The third-order valence-corrected chi connectivity index (χ3v) is 5.99. The Morgan fingerprint density at radius 2 is 1.60 bits per heavy atom.